The second kappa shape index (κ2) is 11.8. The van der Waals surface area contributed by atoms with Gasteiger partial charge in [-0.1, -0.05) is 103 Å². The molecule has 206 valence electrons. The van der Waals surface area contributed by atoms with Crippen LogP contribution < -0.4 is 5.32 Å². The van der Waals surface area contributed by atoms with E-state index in [9.17, 15) is 14.0 Å². The Morgan fingerprint density at radius 3 is 2.17 bits per heavy atom. The maximum atomic E-state index is 13.7. The summed E-state index contributed by atoms with van der Waals surface area (Å²) in [6.07, 6.45) is 4.00. The van der Waals surface area contributed by atoms with Gasteiger partial charge in [-0.05, 0) is 51.9 Å². The van der Waals surface area contributed by atoms with Crippen LogP contribution in [0.25, 0.3) is 11.1 Å². The number of ether oxygens (including phenoxy) is 1. The van der Waals surface area contributed by atoms with Crippen molar-refractivity contribution in [3.05, 3.63) is 143 Å². The molecule has 0 bridgehead atoms. The molecule has 2 aliphatic rings. The molecule has 6 heteroatoms. The molecule has 0 spiro atoms. The van der Waals surface area contributed by atoms with Crippen LogP contribution in [0.2, 0.25) is 0 Å². The first-order chi connectivity index (χ1) is 20.1. The molecule has 1 heterocycles. The molecule has 1 aliphatic carbocycles. The molecule has 0 radical (unpaired) electrons. The Bertz CT molecular complexity index is 1520. The lowest BCUT2D eigenvalue weighted by molar-refractivity contribution is -0.134. The number of benzene rings is 4. The summed E-state index contributed by atoms with van der Waals surface area (Å²) in [6.45, 7) is 0.604. The van der Waals surface area contributed by atoms with Crippen LogP contribution in [-0.2, 0) is 16.1 Å². The van der Waals surface area contributed by atoms with E-state index in [1.165, 1.54) is 23.3 Å². The number of halogens is 1. The lowest BCUT2D eigenvalue weighted by Crippen LogP contribution is -2.43. The van der Waals surface area contributed by atoms with Crippen molar-refractivity contribution in [2.75, 3.05) is 6.61 Å². The lowest BCUT2D eigenvalue weighted by atomic mass is 9.98. The van der Waals surface area contributed by atoms with Gasteiger partial charge >= 0.3 is 6.09 Å². The van der Waals surface area contributed by atoms with Crippen LogP contribution in [0.15, 0.2) is 115 Å². The highest BCUT2D eigenvalue weighted by Gasteiger charge is 2.31. The highest BCUT2D eigenvalue weighted by atomic mass is 19.1. The second-order valence-electron chi connectivity index (χ2n) is 10.5. The van der Waals surface area contributed by atoms with Crippen LogP contribution in [0.1, 0.15) is 47.1 Å². The van der Waals surface area contributed by atoms with Crippen molar-refractivity contribution < 1.29 is 18.7 Å². The summed E-state index contributed by atoms with van der Waals surface area (Å²) in [5, 5.41) is 2.93. The number of nitrogens with zero attached hydrogens (tertiary/aromatic N) is 1. The largest absolute Gasteiger partial charge is 0.449 e. The Labute approximate surface area is 239 Å². The molecule has 5 nitrogen and oxygen atoms in total. The Morgan fingerprint density at radius 1 is 0.854 bits per heavy atom. The van der Waals surface area contributed by atoms with Crippen LogP contribution in [0.5, 0.6) is 0 Å². The molecular weight excluding hydrogens is 515 g/mol. The number of hydrogen-bond acceptors (Lipinski definition) is 3. The quantitative estimate of drug-likeness (QED) is 0.261. The zero-order valence-electron chi connectivity index (χ0n) is 22.6. The number of rotatable bonds is 6. The van der Waals surface area contributed by atoms with E-state index in [4.69, 9.17) is 4.74 Å². The highest BCUT2D eigenvalue weighted by Crippen LogP contribution is 2.44. The SMILES string of the molecule is O=C(N[C@H]1C/C=C\C(c2ccc(F)cc2)N(Cc2ccccc2)C(=O)C1)OCC1c2ccccc2-c2ccccc21. The third-order valence-electron chi connectivity index (χ3n) is 7.89. The molecule has 0 fully saturated rings. The van der Waals surface area contributed by atoms with E-state index < -0.39 is 12.1 Å². The van der Waals surface area contributed by atoms with Gasteiger partial charge in [-0.3, -0.25) is 4.79 Å². The van der Waals surface area contributed by atoms with Crippen molar-refractivity contribution in [3.8, 4) is 11.1 Å². The van der Waals surface area contributed by atoms with Crippen LogP contribution in [0, 0.1) is 5.82 Å². The fraction of sp³-hybridized carbons (Fsp3) is 0.200. The van der Waals surface area contributed by atoms with Gasteiger partial charge in [0.25, 0.3) is 0 Å². The molecule has 6 rings (SSSR count). The van der Waals surface area contributed by atoms with Crippen molar-refractivity contribution >= 4 is 12.0 Å². The minimum atomic E-state index is -0.539. The Balaban J connectivity index is 1.16. The summed E-state index contributed by atoms with van der Waals surface area (Å²) in [6, 6.07) is 31.7. The minimum absolute atomic E-state index is 0.0372. The molecule has 0 saturated carbocycles. The number of amides is 2. The lowest BCUT2D eigenvalue weighted by Gasteiger charge is -2.33. The van der Waals surface area contributed by atoms with Gasteiger partial charge < -0.3 is 15.0 Å². The number of nitrogens with one attached hydrogen (secondary N) is 1. The summed E-state index contributed by atoms with van der Waals surface area (Å²) in [4.78, 5) is 28.4. The van der Waals surface area contributed by atoms with Crippen molar-refractivity contribution in [1.29, 1.82) is 0 Å². The normalized spacial score (nSPS) is 19.0. The molecule has 1 aliphatic heterocycles. The molecule has 4 aromatic rings. The molecule has 1 unspecified atom stereocenters. The first-order valence-electron chi connectivity index (χ1n) is 13.9. The van der Waals surface area contributed by atoms with E-state index in [0.717, 1.165) is 22.3 Å². The standard InChI is InChI=1S/C35H31FN2O3/c36-26-19-17-25(18-20-26)33-16-8-11-27(21-34(39)38(33)22-24-9-2-1-3-10-24)37-35(40)41-23-32-30-14-6-4-12-28(30)29-13-5-7-15-31(29)32/h1-10,12-20,27,32-33H,11,21-23H2,(H,37,40)/b16-8-/t27-,33?/m0/s1. The van der Waals surface area contributed by atoms with Gasteiger partial charge in [-0.25, -0.2) is 9.18 Å². The molecule has 2 atom stereocenters. The second-order valence-corrected chi connectivity index (χ2v) is 10.5. The maximum Gasteiger partial charge on any atom is 0.407 e. The summed E-state index contributed by atoms with van der Waals surface area (Å²) in [5.74, 6) is -0.460. The molecule has 41 heavy (non-hydrogen) atoms. The van der Waals surface area contributed by atoms with E-state index in [1.54, 1.807) is 17.0 Å². The average molecular weight is 547 g/mol. The summed E-state index contributed by atoms with van der Waals surface area (Å²) < 4.78 is 19.4. The first kappa shape index (κ1) is 26.5. The van der Waals surface area contributed by atoms with Gasteiger partial charge in [0, 0.05) is 24.9 Å². The molecule has 0 saturated heterocycles. The Hall–Kier alpha value is -4.71. The Kier molecular flexibility index (Phi) is 7.63. The third-order valence-corrected chi connectivity index (χ3v) is 7.89. The van der Waals surface area contributed by atoms with Crippen molar-refractivity contribution in [2.24, 2.45) is 0 Å². The summed E-state index contributed by atoms with van der Waals surface area (Å²) in [7, 11) is 0. The third kappa shape index (κ3) is 5.78. The van der Waals surface area contributed by atoms with Gasteiger partial charge in [0.1, 0.15) is 12.4 Å². The zero-order chi connectivity index (χ0) is 28.2. The van der Waals surface area contributed by atoms with Crippen LogP contribution >= 0.6 is 0 Å². The highest BCUT2D eigenvalue weighted by molar-refractivity contribution is 5.80. The Morgan fingerprint density at radius 2 is 1.49 bits per heavy atom. The number of hydrogen-bond donors (Lipinski definition) is 1. The predicted molar refractivity (Wildman–Crippen MR) is 156 cm³/mol. The number of alkyl carbamates (subject to hydrolysis) is 1. The van der Waals surface area contributed by atoms with E-state index in [1.807, 2.05) is 66.7 Å². The predicted octanol–water partition coefficient (Wildman–Crippen LogP) is 7.15. The fourth-order valence-corrected chi connectivity index (χ4v) is 5.88. The first-order valence-corrected chi connectivity index (χ1v) is 13.9. The zero-order valence-corrected chi connectivity index (χ0v) is 22.6. The molecule has 1 N–H and O–H groups in total. The van der Waals surface area contributed by atoms with Gasteiger partial charge in [-0.15, -0.1) is 0 Å². The van der Waals surface area contributed by atoms with Crippen LogP contribution in [0.4, 0.5) is 9.18 Å². The van der Waals surface area contributed by atoms with Crippen LogP contribution in [0.3, 0.4) is 0 Å². The smallest absolute Gasteiger partial charge is 0.407 e. The average Bonchev–Trinajstić information content (AvgIpc) is 3.31. The minimum Gasteiger partial charge on any atom is -0.449 e. The molecule has 4 aromatic carbocycles. The molecule has 2 amide bonds. The van der Waals surface area contributed by atoms with E-state index in [-0.39, 0.29) is 36.7 Å². The van der Waals surface area contributed by atoms with Crippen molar-refractivity contribution in [3.63, 3.8) is 0 Å². The molecular formula is C35H31FN2O3. The monoisotopic (exact) mass is 546 g/mol. The number of carbonyl (C=O) groups excluding carboxylic acids is 2. The van der Waals surface area contributed by atoms with Gasteiger partial charge in [0.15, 0.2) is 0 Å². The van der Waals surface area contributed by atoms with E-state index in [2.05, 4.69) is 29.6 Å². The van der Waals surface area contributed by atoms with Crippen molar-refractivity contribution in [2.45, 2.75) is 37.4 Å². The molecule has 0 aromatic heterocycles. The van der Waals surface area contributed by atoms with Gasteiger partial charge in [-0.2, -0.15) is 0 Å². The maximum absolute atomic E-state index is 13.7. The number of fused-ring (bicyclic) bond motifs is 3. The summed E-state index contributed by atoms with van der Waals surface area (Å²) >= 11 is 0. The van der Waals surface area contributed by atoms with Gasteiger partial charge in [0.2, 0.25) is 5.91 Å². The van der Waals surface area contributed by atoms with Crippen LogP contribution in [-0.4, -0.2) is 29.5 Å². The van der Waals surface area contributed by atoms with Gasteiger partial charge in [0.05, 0.1) is 6.04 Å². The fourth-order valence-electron chi connectivity index (χ4n) is 5.88. The van der Waals surface area contributed by atoms with E-state index >= 15 is 0 Å². The topological polar surface area (TPSA) is 58.6 Å². The number of carbonyl (C=O) groups is 2. The summed E-state index contributed by atoms with van der Waals surface area (Å²) in [5.41, 5.74) is 6.45. The van der Waals surface area contributed by atoms with Crippen molar-refractivity contribution in [1.82, 2.24) is 10.2 Å². The van der Waals surface area contributed by atoms with E-state index in [0.29, 0.717) is 13.0 Å².